The molecule has 0 unspecified atom stereocenters. The molecule has 5 heteroatoms. The van der Waals surface area contributed by atoms with E-state index in [2.05, 4.69) is 43.3 Å². The second kappa shape index (κ2) is 5.34. The highest BCUT2D eigenvalue weighted by atomic mass is 79.9. The van der Waals surface area contributed by atoms with Gasteiger partial charge in [0.1, 0.15) is 6.33 Å². The summed E-state index contributed by atoms with van der Waals surface area (Å²) in [5.74, 6) is 0. The molecular formula is C10H10BrN3S. The van der Waals surface area contributed by atoms with E-state index in [-0.39, 0.29) is 0 Å². The lowest BCUT2D eigenvalue weighted by molar-refractivity contribution is 0.696. The van der Waals surface area contributed by atoms with Crippen molar-refractivity contribution in [3.05, 3.63) is 45.1 Å². The first-order chi connectivity index (χ1) is 7.34. The van der Waals surface area contributed by atoms with Crippen LogP contribution in [-0.2, 0) is 13.1 Å². The Balaban J connectivity index is 1.80. The summed E-state index contributed by atoms with van der Waals surface area (Å²) in [4.78, 5) is 9.24. The van der Waals surface area contributed by atoms with Gasteiger partial charge in [0.15, 0.2) is 0 Å². The SMILES string of the molecule is Brc1ccc(CNCc2cncnc2)s1. The molecule has 2 heterocycles. The van der Waals surface area contributed by atoms with Crippen molar-refractivity contribution in [2.75, 3.05) is 0 Å². The molecular weight excluding hydrogens is 274 g/mol. The van der Waals surface area contributed by atoms with Gasteiger partial charge in [-0.3, -0.25) is 0 Å². The molecule has 0 bridgehead atoms. The molecule has 2 aromatic rings. The van der Waals surface area contributed by atoms with E-state index >= 15 is 0 Å². The summed E-state index contributed by atoms with van der Waals surface area (Å²) in [5, 5.41) is 3.34. The molecule has 0 aliphatic carbocycles. The fourth-order valence-corrected chi connectivity index (χ4v) is 2.65. The average Bonchev–Trinajstić information content (AvgIpc) is 2.66. The molecule has 0 atom stereocenters. The summed E-state index contributed by atoms with van der Waals surface area (Å²) in [6.07, 6.45) is 5.19. The fourth-order valence-electron chi connectivity index (χ4n) is 1.20. The van der Waals surface area contributed by atoms with Gasteiger partial charge in [-0.2, -0.15) is 0 Å². The molecule has 15 heavy (non-hydrogen) atoms. The molecule has 0 fully saturated rings. The Kier molecular flexibility index (Phi) is 3.82. The summed E-state index contributed by atoms with van der Waals surface area (Å²) in [5.41, 5.74) is 1.10. The minimum atomic E-state index is 0.802. The van der Waals surface area contributed by atoms with E-state index in [1.54, 1.807) is 17.7 Å². The van der Waals surface area contributed by atoms with Crippen LogP contribution in [0.1, 0.15) is 10.4 Å². The van der Waals surface area contributed by atoms with Gasteiger partial charge in [0.05, 0.1) is 3.79 Å². The third-order valence-electron chi connectivity index (χ3n) is 1.87. The largest absolute Gasteiger partial charge is 0.308 e. The van der Waals surface area contributed by atoms with Crippen LogP contribution in [0.2, 0.25) is 0 Å². The molecule has 0 aromatic carbocycles. The standard InChI is InChI=1S/C10H10BrN3S/c11-10-2-1-9(15-10)6-12-3-8-4-13-7-14-5-8/h1-2,4-5,7,12H,3,6H2. The van der Waals surface area contributed by atoms with E-state index in [0.29, 0.717) is 0 Å². The molecule has 78 valence electrons. The van der Waals surface area contributed by atoms with Gasteiger partial charge in [0, 0.05) is 35.9 Å². The molecule has 1 N–H and O–H groups in total. The molecule has 0 saturated carbocycles. The Hall–Kier alpha value is -0.780. The lowest BCUT2D eigenvalue weighted by atomic mass is 10.3. The number of thiophene rings is 1. The minimum absolute atomic E-state index is 0.802. The van der Waals surface area contributed by atoms with Crippen LogP contribution in [0, 0.1) is 0 Å². The van der Waals surface area contributed by atoms with Crippen LogP contribution in [0.4, 0.5) is 0 Å². The van der Waals surface area contributed by atoms with Crippen LogP contribution < -0.4 is 5.32 Å². The van der Waals surface area contributed by atoms with Crippen molar-refractivity contribution in [1.29, 1.82) is 0 Å². The van der Waals surface area contributed by atoms with Crippen LogP contribution >= 0.6 is 27.3 Å². The Morgan fingerprint density at radius 3 is 2.67 bits per heavy atom. The maximum atomic E-state index is 3.96. The van der Waals surface area contributed by atoms with Crippen molar-refractivity contribution in [2.45, 2.75) is 13.1 Å². The highest BCUT2D eigenvalue weighted by Crippen LogP contribution is 2.21. The average molecular weight is 284 g/mol. The minimum Gasteiger partial charge on any atom is -0.308 e. The molecule has 2 aromatic heterocycles. The lowest BCUT2D eigenvalue weighted by Crippen LogP contribution is -2.11. The smallest absolute Gasteiger partial charge is 0.115 e. The van der Waals surface area contributed by atoms with Gasteiger partial charge >= 0.3 is 0 Å². The number of hydrogen-bond acceptors (Lipinski definition) is 4. The zero-order chi connectivity index (χ0) is 10.5. The second-order valence-corrected chi connectivity index (χ2v) is 5.60. The fraction of sp³-hybridized carbons (Fsp3) is 0.200. The highest BCUT2D eigenvalue weighted by molar-refractivity contribution is 9.11. The number of nitrogens with zero attached hydrogens (tertiary/aromatic N) is 2. The third-order valence-corrected chi connectivity index (χ3v) is 3.49. The van der Waals surface area contributed by atoms with Gasteiger partial charge in [-0.1, -0.05) is 0 Å². The first kappa shape index (κ1) is 10.7. The van der Waals surface area contributed by atoms with Gasteiger partial charge < -0.3 is 5.32 Å². The van der Waals surface area contributed by atoms with Crippen molar-refractivity contribution in [3.63, 3.8) is 0 Å². The quantitative estimate of drug-likeness (QED) is 0.937. The van der Waals surface area contributed by atoms with Gasteiger partial charge in [-0.15, -0.1) is 11.3 Å². The lowest BCUT2D eigenvalue weighted by Gasteiger charge is -2.01. The second-order valence-electron chi connectivity index (χ2n) is 3.06. The predicted octanol–water partition coefficient (Wildman–Crippen LogP) is 2.59. The topological polar surface area (TPSA) is 37.8 Å². The monoisotopic (exact) mass is 283 g/mol. The molecule has 0 saturated heterocycles. The van der Waals surface area contributed by atoms with Crippen LogP contribution in [0.25, 0.3) is 0 Å². The van der Waals surface area contributed by atoms with Crippen LogP contribution in [0.15, 0.2) is 34.6 Å². The van der Waals surface area contributed by atoms with Crippen molar-refractivity contribution >= 4 is 27.3 Å². The molecule has 0 aliphatic heterocycles. The number of nitrogens with one attached hydrogen (secondary N) is 1. The van der Waals surface area contributed by atoms with E-state index < -0.39 is 0 Å². The number of rotatable bonds is 4. The van der Waals surface area contributed by atoms with Crippen LogP contribution in [0.3, 0.4) is 0 Å². The Morgan fingerprint density at radius 2 is 2.00 bits per heavy atom. The Bertz CT molecular complexity index is 416. The van der Waals surface area contributed by atoms with Crippen molar-refractivity contribution in [3.8, 4) is 0 Å². The zero-order valence-electron chi connectivity index (χ0n) is 7.98. The molecule has 0 radical (unpaired) electrons. The number of aromatic nitrogens is 2. The molecule has 0 aliphatic rings. The normalized spacial score (nSPS) is 10.5. The zero-order valence-corrected chi connectivity index (χ0v) is 10.4. The number of hydrogen-bond donors (Lipinski definition) is 1. The first-order valence-corrected chi connectivity index (χ1v) is 6.14. The Labute approximate surface area is 101 Å². The van der Waals surface area contributed by atoms with Crippen LogP contribution in [0.5, 0.6) is 0 Å². The molecule has 3 nitrogen and oxygen atoms in total. The molecule has 2 rings (SSSR count). The van der Waals surface area contributed by atoms with E-state index in [1.807, 2.05) is 12.4 Å². The maximum Gasteiger partial charge on any atom is 0.115 e. The maximum absolute atomic E-state index is 3.96. The van der Waals surface area contributed by atoms with Crippen molar-refractivity contribution < 1.29 is 0 Å². The molecule has 0 amide bonds. The van der Waals surface area contributed by atoms with Gasteiger partial charge in [0.25, 0.3) is 0 Å². The molecule has 0 spiro atoms. The predicted molar refractivity (Wildman–Crippen MR) is 64.6 cm³/mol. The van der Waals surface area contributed by atoms with Crippen molar-refractivity contribution in [2.24, 2.45) is 0 Å². The van der Waals surface area contributed by atoms with E-state index in [9.17, 15) is 0 Å². The van der Waals surface area contributed by atoms with Gasteiger partial charge in [-0.25, -0.2) is 9.97 Å². The van der Waals surface area contributed by atoms with E-state index in [4.69, 9.17) is 0 Å². The van der Waals surface area contributed by atoms with Crippen molar-refractivity contribution in [1.82, 2.24) is 15.3 Å². The van der Waals surface area contributed by atoms with E-state index in [0.717, 1.165) is 18.7 Å². The third kappa shape index (κ3) is 3.37. The summed E-state index contributed by atoms with van der Waals surface area (Å²) >= 11 is 5.19. The first-order valence-electron chi connectivity index (χ1n) is 4.53. The summed E-state index contributed by atoms with van der Waals surface area (Å²) in [7, 11) is 0. The summed E-state index contributed by atoms with van der Waals surface area (Å²) < 4.78 is 1.17. The van der Waals surface area contributed by atoms with Crippen LogP contribution in [-0.4, -0.2) is 9.97 Å². The summed E-state index contributed by atoms with van der Waals surface area (Å²) in [6.45, 7) is 1.68. The van der Waals surface area contributed by atoms with Gasteiger partial charge in [-0.05, 0) is 28.1 Å². The van der Waals surface area contributed by atoms with Gasteiger partial charge in [0.2, 0.25) is 0 Å². The summed E-state index contributed by atoms with van der Waals surface area (Å²) in [6, 6.07) is 4.18. The van der Waals surface area contributed by atoms with E-state index in [1.165, 1.54) is 8.66 Å². The number of halogens is 1. The Morgan fingerprint density at radius 1 is 1.20 bits per heavy atom. The highest BCUT2D eigenvalue weighted by Gasteiger charge is 1.97.